The molecule has 0 heterocycles. The zero-order valence-electron chi connectivity index (χ0n) is 19.2. The van der Waals surface area contributed by atoms with Crippen LogP contribution in [-0.2, 0) is 24.3 Å². The van der Waals surface area contributed by atoms with Crippen molar-refractivity contribution in [2.24, 2.45) is 5.14 Å². The Morgan fingerprint density at radius 1 is 1.44 bits per heavy atom. The molecule has 2 rings (SSSR count). The maximum atomic E-state index is 12.5. The number of nitrogens with zero attached hydrogens (tertiary/aromatic N) is 1. The van der Waals surface area contributed by atoms with Gasteiger partial charge in [-0.2, -0.15) is 5.26 Å². The number of hydrogen-bond donors (Lipinski definition) is 2. The number of hydrogen-bond acceptors (Lipinski definition) is 6. The van der Waals surface area contributed by atoms with Crippen LogP contribution in [0.25, 0.3) is 0 Å². The summed E-state index contributed by atoms with van der Waals surface area (Å²) >= 11 is 12.4. The Morgan fingerprint density at radius 2 is 2.19 bits per heavy atom. The molecule has 0 radical (unpaired) electrons. The van der Waals surface area contributed by atoms with E-state index in [9.17, 15) is 13.2 Å². The fourth-order valence-electron chi connectivity index (χ4n) is 2.73. The molecule has 8 nitrogen and oxygen atoms in total. The smallest absolute Gasteiger partial charge is 0.258 e. The van der Waals surface area contributed by atoms with Crippen LogP contribution in [0.4, 0.5) is 0 Å². The minimum absolute atomic E-state index is 0.00526. The lowest BCUT2D eigenvalue weighted by Gasteiger charge is -2.16. The van der Waals surface area contributed by atoms with Crippen LogP contribution in [0.1, 0.15) is 13.3 Å². The second kappa shape index (κ2) is 13.5. The van der Waals surface area contributed by atoms with Gasteiger partial charge in [0.05, 0.1) is 22.6 Å². The van der Waals surface area contributed by atoms with Crippen LogP contribution >= 0.6 is 23.2 Å². The number of carbonyl (C=O) groups excluding carboxylic acids is 1. The number of nitrogens with one attached hydrogen (secondary N) is 1. The molecule has 1 unspecified atom stereocenters. The van der Waals surface area contributed by atoms with Crippen LogP contribution in [0, 0.1) is 11.3 Å². The van der Waals surface area contributed by atoms with E-state index in [0.717, 1.165) is 6.08 Å². The molecule has 3 N–H and O–H groups in total. The van der Waals surface area contributed by atoms with E-state index in [1.807, 2.05) is 6.07 Å². The molecule has 0 aromatic rings. The molecule has 0 saturated heterocycles. The maximum Gasteiger partial charge on any atom is 0.258 e. The quantitative estimate of drug-likeness (QED) is 0.237. The van der Waals surface area contributed by atoms with Crippen LogP contribution in [0.5, 0.6) is 0 Å². The average molecular weight is 548 g/mol. The normalized spacial score (nSPS) is 17.1. The third kappa shape index (κ3) is 9.27. The predicted octanol–water partition coefficient (Wildman–Crippen LogP) is 4.36. The summed E-state index contributed by atoms with van der Waals surface area (Å²) in [5, 5.41) is 17.1. The molecule has 0 spiro atoms. The van der Waals surface area contributed by atoms with E-state index in [0.29, 0.717) is 34.3 Å². The van der Waals surface area contributed by atoms with Crippen LogP contribution in [0.3, 0.4) is 0 Å². The number of nitriles is 1. The van der Waals surface area contributed by atoms with Gasteiger partial charge in [-0.3, -0.25) is 4.79 Å². The topological polar surface area (TPSA) is 132 Å². The molecule has 1 amide bonds. The zero-order valence-corrected chi connectivity index (χ0v) is 21.5. The van der Waals surface area contributed by atoms with Crippen molar-refractivity contribution in [3.05, 3.63) is 111 Å². The standard InChI is InChI=1S/C25H23Cl2N3O5S/c1-3-22(36(29,32)33)14-23(27)24(4-2)30-25(31)16-34-20-11-9-18(26)12-21(13-20)35-19-7-5-6-17(15-28)8-10-19/h3-9,12-14,24H,2,11,16H2,1H3,(H,30,31)(H2,29,32,33)/b22-3+,23-14+. The van der Waals surface area contributed by atoms with Crippen LogP contribution in [0.15, 0.2) is 111 Å². The number of ether oxygens (including phenoxy) is 2. The minimum atomic E-state index is -3.98. The Hall–Kier alpha value is -3.51. The molecule has 188 valence electrons. The van der Waals surface area contributed by atoms with E-state index >= 15 is 0 Å². The number of halogens is 2. The molecule has 0 aromatic heterocycles. The van der Waals surface area contributed by atoms with Gasteiger partial charge in [-0.15, -0.1) is 6.58 Å². The Morgan fingerprint density at radius 3 is 2.83 bits per heavy atom. The molecule has 0 aromatic carbocycles. The lowest BCUT2D eigenvalue weighted by Crippen LogP contribution is -2.36. The number of nitrogens with two attached hydrogens (primary N) is 1. The van der Waals surface area contributed by atoms with Gasteiger partial charge in [0.25, 0.3) is 5.91 Å². The van der Waals surface area contributed by atoms with Gasteiger partial charge in [0.2, 0.25) is 10.0 Å². The largest absolute Gasteiger partial charge is 0.488 e. The number of amides is 1. The Bertz CT molecular complexity index is 1350. The van der Waals surface area contributed by atoms with Crippen molar-refractivity contribution >= 4 is 39.1 Å². The van der Waals surface area contributed by atoms with Crippen molar-refractivity contribution in [1.82, 2.24) is 5.32 Å². The highest BCUT2D eigenvalue weighted by Gasteiger charge is 2.17. The maximum absolute atomic E-state index is 12.5. The van der Waals surface area contributed by atoms with E-state index in [2.05, 4.69) is 17.6 Å². The second-order valence-corrected chi connectivity index (χ2v) is 9.57. The summed E-state index contributed by atoms with van der Waals surface area (Å²) in [5.41, 5.74) is 3.29. The lowest BCUT2D eigenvalue weighted by molar-refractivity contribution is -0.124. The molecule has 36 heavy (non-hydrogen) atoms. The van der Waals surface area contributed by atoms with Gasteiger partial charge in [0, 0.05) is 28.6 Å². The summed E-state index contributed by atoms with van der Waals surface area (Å²) in [7, 11) is -3.98. The number of primary sulfonamides is 1. The monoisotopic (exact) mass is 547 g/mol. The van der Waals surface area contributed by atoms with Gasteiger partial charge in [-0.1, -0.05) is 53.2 Å². The third-order valence-corrected chi connectivity index (χ3v) is 6.08. The number of rotatable bonds is 10. The van der Waals surface area contributed by atoms with Crippen LogP contribution < -0.4 is 10.5 Å². The van der Waals surface area contributed by atoms with Crippen molar-refractivity contribution in [2.45, 2.75) is 19.4 Å². The molecular weight excluding hydrogens is 525 g/mol. The highest BCUT2D eigenvalue weighted by Crippen LogP contribution is 2.23. The fraction of sp³-hybridized carbons (Fsp3) is 0.160. The molecular formula is C25H23Cl2N3O5S. The van der Waals surface area contributed by atoms with Crippen LogP contribution in [0.2, 0.25) is 0 Å². The average Bonchev–Trinajstić information content (AvgIpc) is 3.16. The van der Waals surface area contributed by atoms with Crippen molar-refractivity contribution in [3.8, 4) is 6.07 Å². The van der Waals surface area contributed by atoms with E-state index in [4.69, 9.17) is 43.1 Å². The highest BCUT2D eigenvalue weighted by atomic mass is 35.5. The summed E-state index contributed by atoms with van der Waals surface area (Å²) in [5.74, 6) is 0.537. The highest BCUT2D eigenvalue weighted by molar-refractivity contribution is 7.93. The second-order valence-electron chi connectivity index (χ2n) is 7.13. The Labute approximate surface area is 220 Å². The number of sulfonamides is 1. The first-order chi connectivity index (χ1) is 17.0. The summed E-state index contributed by atoms with van der Waals surface area (Å²) in [6.45, 7) is 4.72. The SMILES string of the molecule is C=CC(NC(=O)COC1=CC(OC2=C=CC(C#N)=CC=C2)=CC(Cl)=CC1)/C(Cl)=C\C(=C/C)S(N)(=O)=O. The van der Waals surface area contributed by atoms with Gasteiger partial charge in [-0.05, 0) is 31.2 Å². The van der Waals surface area contributed by atoms with Gasteiger partial charge < -0.3 is 14.8 Å². The molecule has 1 atom stereocenters. The summed E-state index contributed by atoms with van der Waals surface area (Å²) in [6.07, 6.45) is 15.3. The zero-order chi connectivity index (χ0) is 26.7. The first-order valence-electron chi connectivity index (χ1n) is 10.4. The predicted molar refractivity (Wildman–Crippen MR) is 139 cm³/mol. The lowest BCUT2D eigenvalue weighted by atomic mass is 10.2. The first-order valence-corrected chi connectivity index (χ1v) is 12.7. The van der Waals surface area contributed by atoms with Crippen LogP contribution in [-0.4, -0.2) is 27.0 Å². The van der Waals surface area contributed by atoms with Crippen molar-refractivity contribution < 1.29 is 22.7 Å². The van der Waals surface area contributed by atoms with E-state index < -0.39 is 22.0 Å². The van der Waals surface area contributed by atoms with Crippen molar-refractivity contribution in [1.29, 1.82) is 5.26 Å². The molecule has 0 aliphatic heterocycles. The van der Waals surface area contributed by atoms with Gasteiger partial charge in [0.1, 0.15) is 11.5 Å². The van der Waals surface area contributed by atoms with E-state index in [1.165, 1.54) is 25.2 Å². The van der Waals surface area contributed by atoms with Gasteiger partial charge >= 0.3 is 0 Å². The van der Waals surface area contributed by atoms with E-state index in [-0.39, 0.29) is 16.5 Å². The minimum Gasteiger partial charge on any atom is -0.488 e. The van der Waals surface area contributed by atoms with Crippen molar-refractivity contribution in [2.75, 3.05) is 6.61 Å². The van der Waals surface area contributed by atoms with Gasteiger partial charge in [0.15, 0.2) is 12.4 Å². The molecule has 0 fully saturated rings. The molecule has 2 aliphatic rings. The molecule has 0 bridgehead atoms. The van der Waals surface area contributed by atoms with E-state index in [1.54, 1.807) is 36.5 Å². The number of carbonyl (C=O) groups is 1. The van der Waals surface area contributed by atoms with Crippen molar-refractivity contribution in [3.63, 3.8) is 0 Å². The summed E-state index contributed by atoms with van der Waals surface area (Å²) in [6, 6.07) is 1.15. The summed E-state index contributed by atoms with van der Waals surface area (Å²) in [4.78, 5) is 12.3. The van der Waals surface area contributed by atoms with Gasteiger partial charge in [-0.25, -0.2) is 13.6 Å². The summed E-state index contributed by atoms with van der Waals surface area (Å²) < 4.78 is 34.6. The Kier molecular flexibility index (Phi) is 10.8. The Balaban J connectivity index is 2.07. The first kappa shape index (κ1) is 28.7. The molecule has 0 saturated carbocycles. The molecule has 2 aliphatic carbocycles. The fourth-order valence-corrected chi connectivity index (χ4v) is 3.86. The number of allylic oxidation sites excluding steroid dienone is 10. The third-order valence-electron chi connectivity index (χ3n) is 4.46. The molecule has 11 heteroatoms.